The Labute approximate surface area is 112 Å². The van der Waals surface area contributed by atoms with Gasteiger partial charge in [0.15, 0.2) is 0 Å². The second-order valence-corrected chi connectivity index (χ2v) is 5.44. The minimum absolute atomic E-state index is 0.0922. The largest absolute Gasteiger partial charge is 0.375 e. The van der Waals surface area contributed by atoms with Gasteiger partial charge >= 0.3 is 0 Å². The lowest BCUT2D eigenvalue weighted by Gasteiger charge is -2.25. The Balaban J connectivity index is 2.54. The second-order valence-electron chi connectivity index (χ2n) is 5.44. The van der Waals surface area contributed by atoms with Crippen molar-refractivity contribution >= 4 is 0 Å². The molecule has 0 aromatic carbocycles. The molecule has 0 aliphatic heterocycles. The van der Waals surface area contributed by atoms with Crippen molar-refractivity contribution in [3.8, 4) is 0 Å². The van der Waals surface area contributed by atoms with Crippen LogP contribution in [0.5, 0.6) is 0 Å². The van der Waals surface area contributed by atoms with Gasteiger partial charge in [-0.05, 0) is 53.2 Å². The molecule has 3 nitrogen and oxygen atoms in total. The lowest BCUT2D eigenvalue weighted by molar-refractivity contribution is -0.00898. The van der Waals surface area contributed by atoms with Gasteiger partial charge in [-0.3, -0.25) is 0 Å². The SMILES string of the molecule is CCOC(C)(C)CNCc1cc(C)n(CC)c1C. The molecule has 0 atom stereocenters. The van der Waals surface area contributed by atoms with Gasteiger partial charge < -0.3 is 14.6 Å². The Kier molecular flexibility index (Phi) is 5.42. The van der Waals surface area contributed by atoms with Crippen molar-refractivity contribution < 1.29 is 4.74 Å². The highest BCUT2D eigenvalue weighted by Gasteiger charge is 2.17. The Morgan fingerprint density at radius 2 is 1.94 bits per heavy atom. The first-order valence-corrected chi connectivity index (χ1v) is 6.91. The maximum Gasteiger partial charge on any atom is 0.0750 e. The van der Waals surface area contributed by atoms with E-state index in [0.717, 1.165) is 26.2 Å². The highest BCUT2D eigenvalue weighted by molar-refractivity contribution is 5.26. The molecular formula is C15H28N2O. The molecule has 1 aromatic rings. The van der Waals surface area contributed by atoms with Gasteiger partial charge in [0.2, 0.25) is 0 Å². The van der Waals surface area contributed by atoms with Crippen LogP contribution >= 0.6 is 0 Å². The van der Waals surface area contributed by atoms with Gasteiger partial charge in [-0.1, -0.05) is 0 Å². The van der Waals surface area contributed by atoms with Gasteiger partial charge in [0.05, 0.1) is 5.60 Å². The van der Waals surface area contributed by atoms with Crippen LogP contribution in [0, 0.1) is 13.8 Å². The van der Waals surface area contributed by atoms with Crippen molar-refractivity contribution in [1.29, 1.82) is 0 Å². The van der Waals surface area contributed by atoms with E-state index in [2.05, 4.69) is 50.6 Å². The summed E-state index contributed by atoms with van der Waals surface area (Å²) < 4.78 is 8.03. The molecule has 0 aliphatic carbocycles. The summed E-state index contributed by atoms with van der Waals surface area (Å²) in [5.74, 6) is 0. The zero-order valence-electron chi connectivity index (χ0n) is 12.8. The fraction of sp³-hybridized carbons (Fsp3) is 0.733. The van der Waals surface area contributed by atoms with Crippen LogP contribution in [0.15, 0.2) is 6.07 Å². The minimum atomic E-state index is -0.0922. The van der Waals surface area contributed by atoms with Crippen LogP contribution in [0.3, 0.4) is 0 Å². The summed E-state index contributed by atoms with van der Waals surface area (Å²) in [7, 11) is 0. The van der Waals surface area contributed by atoms with Crippen LogP contribution in [0.25, 0.3) is 0 Å². The van der Waals surface area contributed by atoms with Crippen LogP contribution in [-0.4, -0.2) is 23.3 Å². The highest BCUT2D eigenvalue weighted by atomic mass is 16.5. The van der Waals surface area contributed by atoms with Crippen LogP contribution in [0.2, 0.25) is 0 Å². The number of aromatic nitrogens is 1. The number of rotatable bonds is 7. The van der Waals surface area contributed by atoms with E-state index in [1.807, 2.05) is 6.92 Å². The third-order valence-electron chi connectivity index (χ3n) is 3.40. The summed E-state index contributed by atoms with van der Waals surface area (Å²) in [5, 5.41) is 3.49. The summed E-state index contributed by atoms with van der Waals surface area (Å²) in [5.41, 5.74) is 4.01. The lowest BCUT2D eigenvalue weighted by atomic mass is 10.1. The van der Waals surface area contributed by atoms with Gasteiger partial charge in [0, 0.05) is 37.6 Å². The molecule has 1 heterocycles. The number of nitrogens with one attached hydrogen (secondary N) is 1. The molecule has 0 saturated heterocycles. The van der Waals surface area contributed by atoms with Crippen LogP contribution in [0.4, 0.5) is 0 Å². The van der Waals surface area contributed by atoms with Crippen molar-refractivity contribution in [2.24, 2.45) is 0 Å². The predicted molar refractivity (Wildman–Crippen MR) is 77.0 cm³/mol. The van der Waals surface area contributed by atoms with E-state index in [9.17, 15) is 0 Å². The van der Waals surface area contributed by atoms with E-state index in [0.29, 0.717) is 0 Å². The molecule has 1 aromatic heterocycles. The molecule has 0 radical (unpaired) electrons. The first kappa shape index (κ1) is 15.3. The van der Waals surface area contributed by atoms with E-state index in [1.165, 1.54) is 17.0 Å². The Morgan fingerprint density at radius 3 is 2.44 bits per heavy atom. The van der Waals surface area contributed by atoms with Gasteiger partial charge in [0.25, 0.3) is 0 Å². The first-order valence-electron chi connectivity index (χ1n) is 6.91. The molecule has 0 bridgehead atoms. The summed E-state index contributed by atoms with van der Waals surface area (Å²) >= 11 is 0. The van der Waals surface area contributed by atoms with Gasteiger partial charge in [-0.15, -0.1) is 0 Å². The van der Waals surface area contributed by atoms with Gasteiger partial charge in [-0.25, -0.2) is 0 Å². The fourth-order valence-corrected chi connectivity index (χ4v) is 2.48. The maximum absolute atomic E-state index is 5.68. The van der Waals surface area contributed by atoms with Crippen LogP contribution in [0.1, 0.15) is 44.6 Å². The molecule has 1 N–H and O–H groups in total. The third kappa shape index (κ3) is 3.85. The van der Waals surface area contributed by atoms with Crippen molar-refractivity contribution in [3.63, 3.8) is 0 Å². The number of aryl methyl sites for hydroxylation is 1. The average Bonchev–Trinajstić information content (AvgIpc) is 2.53. The van der Waals surface area contributed by atoms with E-state index >= 15 is 0 Å². The van der Waals surface area contributed by atoms with Gasteiger partial charge in [-0.2, -0.15) is 0 Å². The van der Waals surface area contributed by atoms with Crippen molar-refractivity contribution in [3.05, 3.63) is 23.0 Å². The van der Waals surface area contributed by atoms with Crippen molar-refractivity contribution in [1.82, 2.24) is 9.88 Å². The molecule has 0 saturated carbocycles. The number of hydrogen-bond acceptors (Lipinski definition) is 2. The first-order chi connectivity index (χ1) is 8.41. The molecule has 0 fully saturated rings. The fourth-order valence-electron chi connectivity index (χ4n) is 2.48. The van der Waals surface area contributed by atoms with Crippen LogP contribution < -0.4 is 5.32 Å². The van der Waals surface area contributed by atoms with Crippen molar-refractivity contribution in [2.75, 3.05) is 13.2 Å². The molecular weight excluding hydrogens is 224 g/mol. The molecule has 1 rings (SSSR count). The number of hydrogen-bond donors (Lipinski definition) is 1. The number of nitrogens with zero attached hydrogens (tertiary/aromatic N) is 1. The molecule has 0 aliphatic rings. The highest BCUT2D eigenvalue weighted by Crippen LogP contribution is 2.15. The zero-order chi connectivity index (χ0) is 13.8. The lowest BCUT2D eigenvalue weighted by Crippen LogP contribution is -2.37. The van der Waals surface area contributed by atoms with E-state index in [-0.39, 0.29) is 5.60 Å². The molecule has 0 amide bonds. The quantitative estimate of drug-likeness (QED) is 0.807. The Hall–Kier alpha value is -0.800. The monoisotopic (exact) mass is 252 g/mol. The summed E-state index contributed by atoms with van der Waals surface area (Å²) in [6, 6.07) is 2.28. The van der Waals surface area contributed by atoms with Gasteiger partial charge in [0.1, 0.15) is 0 Å². The minimum Gasteiger partial charge on any atom is -0.375 e. The second kappa shape index (κ2) is 6.39. The Morgan fingerprint density at radius 1 is 1.28 bits per heavy atom. The molecule has 0 spiro atoms. The predicted octanol–water partition coefficient (Wildman–Crippen LogP) is 3.03. The molecule has 3 heteroatoms. The molecule has 0 unspecified atom stereocenters. The smallest absolute Gasteiger partial charge is 0.0750 e. The third-order valence-corrected chi connectivity index (χ3v) is 3.40. The molecule has 18 heavy (non-hydrogen) atoms. The standard InChI is InChI=1S/C15H28N2O/c1-7-17-12(3)9-14(13(17)4)10-16-11-15(5,6)18-8-2/h9,16H,7-8,10-11H2,1-6H3. The topological polar surface area (TPSA) is 26.2 Å². The Bertz CT molecular complexity index is 380. The van der Waals surface area contributed by atoms with E-state index in [4.69, 9.17) is 4.74 Å². The van der Waals surface area contributed by atoms with Crippen molar-refractivity contribution in [2.45, 2.75) is 60.2 Å². The van der Waals surface area contributed by atoms with E-state index < -0.39 is 0 Å². The molecule has 104 valence electrons. The number of ether oxygens (including phenoxy) is 1. The zero-order valence-corrected chi connectivity index (χ0v) is 12.8. The maximum atomic E-state index is 5.68. The summed E-state index contributed by atoms with van der Waals surface area (Å²) in [4.78, 5) is 0. The summed E-state index contributed by atoms with van der Waals surface area (Å²) in [6.07, 6.45) is 0. The van der Waals surface area contributed by atoms with E-state index in [1.54, 1.807) is 0 Å². The summed E-state index contributed by atoms with van der Waals surface area (Å²) in [6.45, 7) is 16.4. The van der Waals surface area contributed by atoms with Crippen LogP contribution in [-0.2, 0) is 17.8 Å². The normalized spacial score (nSPS) is 12.1. The average molecular weight is 252 g/mol.